The number of amides is 2. The van der Waals surface area contributed by atoms with Crippen molar-refractivity contribution in [3.8, 4) is 0 Å². The molecule has 7 nitrogen and oxygen atoms in total. The second-order valence-corrected chi connectivity index (χ2v) is 4.36. The Morgan fingerprint density at radius 1 is 1.59 bits per heavy atom. The van der Waals surface area contributed by atoms with Crippen molar-refractivity contribution in [2.75, 3.05) is 19.6 Å². The molecule has 1 aliphatic rings. The van der Waals surface area contributed by atoms with E-state index in [-0.39, 0.29) is 30.1 Å². The fraction of sp³-hybridized carbons (Fsp3) is 0.700. The van der Waals surface area contributed by atoms with Gasteiger partial charge in [0.05, 0.1) is 6.54 Å². The Morgan fingerprint density at radius 2 is 2.24 bits per heavy atom. The minimum absolute atomic E-state index is 0.0285. The van der Waals surface area contributed by atoms with Crippen LogP contribution in [0.15, 0.2) is 5.16 Å². The molecule has 0 aliphatic carbocycles. The summed E-state index contributed by atoms with van der Waals surface area (Å²) in [5.41, 5.74) is 5.51. The Bertz CT molecular complexity index is 340. The first kappa shape index (κ1) is 13.3. The highest BCUT2D eigenvalue weighted by molar-refractivity contribution is 6.03. The number of piperazine rings is 1. The van der Waals surface area contributed by atoms with Crippen molar-refractivity contribution >= 4 is 17.6 Å². The fourth-order valence-electron chi connectivity index (χ4n) is 1.84. The largest absolute Gasteiger partial charge is 0.409 e. The average molecular weight is 242 g/mol. The predicted octanol–water partition coefficient (Wildman–Crippen LogP) is -1.04. The molecule has 1 rings (SSSR count). The Kier molecular flexibility index (Phi) is 4.30. The van der Waals surface area contributed by atoms with E-state index in [9.17, 15) is 9.59 Å². The van der Waals surface area contributed by atoms with E-state index in [1.165, 1.54) is 4.90 Å². The monoisotopic (exact) mass is 242 g/mol. The number of nitrogens with one attached hydrogen (secondary N) is 1. The highest BCUT2D eigenvalue weighted by Crippen LogP contribution is 2.15. The molecule has 1 unspecified atom stereocenters. The maximum absolute atomic E-state index is 12.2. The molecule has 1 fully saturated rings. The van der Waals surface area contributed by atoms with Gasteiger partial charge in [0.15, 0.2) is 5.84 Å². The zero-order valence-corrected chi connectivity index (χ0v) is 10.0. The minimum atomic E-state index is -0.689. The van der Waals surface area contributed by atoms with E-state index >= 15 is 0 Å². The second kappa shape index (κ2) is 5.51. The van der Waals surface area contributed by atoms with Gasteiger partial charge < -0.3 is 21.2 Å². The maximum atomic E-state index is 12.2. The zero-order valence-electron chi connectivity index (χ0n) is 10.0. The van der Waals surface area contributed by atoms with Crippen LogP contribution in [-0.2, 0) is 9.59 Å². The van der Waals surface area contributed by atoms with Crippen molar-refractivity contribution in [3.63, 3.8) is 0 Å². The molecule has 2 amide bonds. The lowest BCUT2D eigenvalue weighted by Crippen LogP contribution is -2.54. The summed E-state index contributed by atoms with van der Waals surface area (Å²) in [6.45, 7) is 4.54. The van der Waals surface area contributed by atoms with Crippen molar-refractivity contribution in [1.29, 1.82) is 0 Å². The number of carbonyl (C=O) groups excluding carboxylic acids is 2. The van der Waals surface area contributed by atoms with Crippen LogP contribution >= 0.6 is 0 Å². The second-order valence-electron chi connectivity index (χ2n) is 4.36. The number of amidine groups is 1. The molecular formula is C10H18N4O3. The zero-order chi connectivity index (χ0) is 13.0. The molecule has 0 aromatic heterocycles. The lowest BCUT2D eigenvalue weighted by atomic mass is 9.93. The van der Waals surface area contributed by atoms with Gasteiger partial charge in [-0.05, 0) is 5.92 Å². The summed E-state index contributed by atoms with van der Waals surface area (Å²) in [6, 6.07) is 0. The molecule has 1 atom stereocenters. The van der Waals surface area contributed by atoms with Crippen LogP contribution in [0.2, 0.25) is 0 Å². The molecule has 1 saturated heterocycles. The van der Waals surface area contributed by atoms with Crippen LogP contribution in [-0.4, -0.2) is 47.4 Å². The van der Waals surface area contributed by atoms with E-state index < -0.39 is 5.92 Å². The van der Waals surface area contributed by atoms with Crippen molar-refractivity contribution in [3.05, 3.63) is 0 Å². The summed E-state index contributed by atoms with van der Waals surface area (Å²) < 4.78 is 0. The summed E-state index contributed by atoms with van der Waals surface area (Å²) in [6.07, 6.45) is 0. The van der Waals surface area contributed by atoms with Gasteiger partial charge in [-0.1, -0.05) is 19.0 Å². The summed E-state index contributed by atoms with van der Waals surface area (Å²) in [5.74, 6) is -1.36. The van der Waals surface area contributed by atoms with Crippen LogP contribution in [0.25, 0.3) is 0 Å². The van der Waals surface area contributed by atoms with E-state index in [1.807, 2.05) is 13.8 Å². The van der Waals surface area contributed by atoms with Crippen LogP contribution in [0.4, 0.5) is 0 Å². The normalized spacial score (nSPS) is 19.1. The summed E-state index contributed by atoms with van der Waals surface area (Å²) in [7, 11) is 0. The van der Waals surface area contributed by atoms with Crippen LogP contribution in [0.5, 0.6) is 0 Å². The number of rotatable bonds is 3. The first-order chi connectivity index (χ1) is 7.97. The van der Waals surface area contributed by atoms with Gasteiger partial charge in [0.25, 0.3) is 0 Å². The number of nitrogens with zero attached hydrogens (tertiary/aromatic N) is 2. The fourth-order valence-corrected chi connectivity index (χ4v) is 1.84. The van der Waals surface area contributed by atoms with E-state index in [0.717, 1.165) is 0 Å². The summed E-state index contributed by atoms with van der Waals surface area (Å²) >= 11 is 0. The molecule has 1 heterocycles. The lowest BCUT2D eigenvalue weighted by Gasteiger charge is -2.31. The Morgan fingerprint density at radius 3 is 2.71 bits per heavy atom. The number of nitrogens with two attached hydrogens (primary N) is 1. The standard InChI is InChI=1S/C10H18N4O3/c1-6(2)8(9(11)13-17)10(16)14-4-3-12-7(15)5-14/h6,8,17H,3-5H2,1-2H3,(H2,11,13)(H,12,15). The maximum Gasteiger partial charge on any atom is 0.239 e. The third-order valence-electron chi connectivity index (χ3n) is 2.72. The third kappa shape index (κ3) is 3.08. The molecule has 96 valence electrons. The van der Waals surface area contributed by atoms with E-state index in [4.69, 9.17) is 10.9 Å². The quantitative estimate of drug-likeness (QED) is 0.254. The van der Waals surface area contributed by atoms with Crippen molar-refractivity contribution in [2.24, 2.45) is 22.7 Å². The Labute approximate surface area is 99.6 Å². The minimum Gasteiger partial charge on any atom is -0.409 e. The lowest BCUT2D eigenvalue weighted by molar-refractivity contribution is -0.140. The highest BCUT2D eigenvalue weighted by atomic mass is 16.4. The topological polar surface area (TPSA) is 108 Å². The van der Waals surface area contributed by atoms with E-state index in [0.29, 0.717) is 13.1 Å². The number of carbonyl (C=O) groups is 2. The van der Waals surface area contributed by atoms with E-state index in [1.54, 1.807) is 0 Å². The molecule has 17 heavy (non-hydrogen) atoms. The molecular weight excluding hydrogens is 224 g/mol. The molecule has 0 aromatic rings. The molecule has 0 spiro atoms. The van der Waals surface area contributed by atoms with Gasteiger partial charge in [0.2, 0.25) is 11.8 Å². The number of hydrogen-bond donors (Lipinski definition) is 3. The third-order valence-corrected chi connectivity index (χ3v) is 2.72. The van der Waals surface area contributed by atoms with Crippen molar-refractivity contribution in [1.82, 2.24) is 10.2 Å². The molecule has 0 saturated carbocycles. The van der Waals surface area contributed by atoms with Gasteiger partial charge in [-0.2, -0.15) is 0 Å². The molecule has 0 radical (unpaired) electrons. The molecule has 0 bridgehead atoms. The molecule has 7 heteroatoms. The van der Waals surface area contributed by atoms with E-state index in [2.05, 4.69) is 10.5 Å². The molecule has 1 aliphatic heterocycles. The summed E-state index contributed by atoms with van der Waals surface area (Å²) in [5, 5.41) is 14.2. The number of oxime groups is 1. The van der Waals surface area contributed by atoms with Gasteiger partial charge in [-0.25, -0.2) is 0 Å². The van der Waals surface area contributed by atoms with Crippen LogP contribution < -0.4 is 11.1 Å². The van der Waals surface area contributed by atoms with Crippen molar-refractivity contribution in [2.45, 2.75) is 13.8 Å². The Balaban J connectivity index is 2.81. The van der Waals surface area contributed by atoms with Gasteiger partial charge in [-0.15, -0.1) is 0 Å². The van der Waals surface area contributed by atoms with Gasteiger partial charge in [0, 0.05) is 13.1 Å². The van der Waals surface area contributed by atoms with Gasteiger partial charge in [-0.3, -0.25) is 9.59 Å². The SMILES string of the molecule is CC(C)C(C(=O)N1CCNC(=O)C1)/C(N)=N/O. The van der Waals surface area contributed by atoms with Crippen LogP contribution in [0, 0.1) is 11.8 Å². The van der Waals surface area contributed by atoms with Gasteiger partial charge in [0.1, 0.15) is 5.92 Å². The highest BCUT2D eigenvalue weighted by Gasteiger charge is 2.32. The molecule has 4 N–H and O–H groups in total. The van der Waals surface area contributed by atoms with Gasteiger partial charge >= 0.3 is 0 Å². The van der Waals surface area contributed by atoms with Crippen LogP contribution in [0.3, 0.4) is 0 Å². The summed E-state index contributed by atoms with van der Waals surface area (Å²) in [4.78, 5) is 24.8. The number of hydrogen-bond acceptors (Lipinski definition) is 4. The average Bonchev–Trinajstić information content (AvgIpc) is 2.28. The van der Waals surface area contributed by atoms with Crippen molar-refractivity contribution < 1.29 is 14.8 Å². The molecule has 0 aromatic carbocycles. The smallest absolute Gasteiger partial charge is 0.239 e. The predicted molar refractivity (Wildman–Crippen MR) is 61.3 cm³/mol. The first-order valence-electron chi connectivity index (χ1n) is 5.50. The first-order valence-corrected chi connectivity index (χ1v) is 5.50. The Hall–Kier alpha value is -1.79. The van der Waals surface area contributed by atoms with Crippen LogP contribution in [0.1, 0.15) is 13.8 Å².